The van der Waals surface area contributed by atoms with Crippen molar-refractivity contribution >= 4 is 12.1 Å². The van der Waals surface area contributed by atoms with Gasteiger partial charge in [0.05, 0.1) is 26.4 Å². The quantitative estimate of drug-likeness (QED) is 0.725. The number of hydrogen-bond acceptors (Lipinski definition) is 5. The van der Waals surface area contributed by atoms with Gasteiger partial charge in [-0.1, -0.05) is 0 Å². The molecule has 0 aliphatic carbocycles. The second-order valence-corrected chi connectivity index (χ2v) is 4.92. The van der Waals surface area contributed by atoms with Crippen LogP contribution in [-0.4, -0.2) is 44.0 Å². The van der Waals surface area contributed by atoms with Crippen molar-refractivity contribution in [2.24, 2.45) is 5.92 Å². The average Bonchev–Trinajstić information content (AvgIpc) is 2.61. The van der Waals surface area contributed by atoms with E-state index in [1.807, 2.05) is 0 Å². The van der Waals surface area contributed by atoms with Crippen LogP contribution in [-0.2, 0) is 19.0 Å². The van der Waals surface area contributed by atoms with E-state index in [1.54, 1.807) is 20.8 Å². The molecule has 1 aliphatic rings. The number of amides is 1. The number of nitrogens with one attached hydrogen (secondary N) is 1. The molecule has 0 aromatic carbocycles. The van der Waals surface area contributed by atoms with Crippen LogP contribution in [0.25, 0.3) is 0 Å². The van der Waals surface area contributed by atoms with Gasteiger partial charge in [-0.3, -0.25) is 4.79 Å². The number of esters is 1. The zero-order chi connectivity index (χ0) is 13.1. The molecule has 6 heteroatoms. The maximum Gasteiger partial charge on any atom is 0.407 e. The fourth-order valence-corrected chi connectivity index (χ4v) is 1.54. The van der Waals surface area contributed by atoms with Gasteiger partial charge in [-0.25, -0.2) is 4.79 Å². The van der Waals surface area contributed by atoms with Crippen molar-refractivity contribution in [2.75, 3.05) is 20.3 Å². The monoisotopic (exact) mass is 245 g/mol. The molecule has 1 N–H and O–H groups in total. The van der Waals surface area contributed by atoms with Gasteiger partial charge in [-0.05, 0) is 20.8 Å². The molecule has 0 saturated carbocycles. The van der Waals surface area contributed by atoms with Crippen molar-refractivity contribution in [1.29, 1.82) is 0 Å². The van der Waals surface area contributed by atoms with Gasteiger partial charge in [-0.2, -0.15) is 0 Å². The van der Waals surface area contributed by atoms with Crippen LogP contribution >= 0.6 is 0 Å². The number of hydrogen-bond donors (Lipinski definition) is 1. The Labute approximate surface area is 101 Å². The summed E-state index contributed by atoms with van der Waals surface area (Å²) in [4.78, 5) is 22.9. The second-order valence-electron chi connectivity index (χ2n) is 4.92. The Morgan fingerprint density at radius 3 is 2.47 bits per heavy atom. The van der Waals surface area contributed by atoms with Crippen LogP contribution in [0.5, 0.6) is 0 Å². The first-order valence-corrected chi connectivity index (χ1v) is 5.48. The molecular weight excluding hydrogens is 226 g/mol. The highest BCUT2D eigenvalue weighted by Crippen LogP contribution is 2.16. The topological polar surface area (TPSA) is 73.9 Å². The Hall–Kier alpha value is -1.30. The summed E-state index contributed by atoms with van der Waals surface area (Å²) in [6, 6.07) is -0.391. The lowest BCUT2D eigenvalue weighted by atomic mass is 10.0. The molecule has 0 bridgehead atoms. The highest BCUT2D eigenvalue weighted by atomic mass is 16.6. The Balaban J connectivity index is 2.50. The lowest BCUT2D eigenvalue weighted by Gasteiger charge is -2.22. The third-order valence-corrected chi connectivity index (χ3v) is 2.29. The van der Waals surface area contributed by atoms with Gasteiger partial charge in [0.1, 0.15) is 11.5 Å². The van der Waals surface area contributed by atoms with Crippen molar-refractivity contribution in [3.63, 3.8) is 0 Å². The largest absolute Gasteiger partial charge is 0.469 e. The van der Waals surface area contributed by atoms with Crippen LogP contribution in [0.1, 0.15) is 20.8 Å². The minimum Gasteiger partial charge on any atom is -0.469 e. The van der Waals surface area contributed by atoms with Gasteiger partial charge in [0.2, 0.25) is 0 Å². The van der Waals surface area contributed by atoms with Gasteiger partial charge in [0, 0.05) is 0 Å². The summed E-state index contributed by atoms with van der Waals surface area (Å²) in [5.74, 6) is -0.851. The fourth-order valence-electron chi connectivity index (χ4n) is 1.54. The van der Waals surface area contributed by atoms with E-state index < -0.39 is 23.7 Å². The molecule has 0 aromatic heterocycles. The van der Waals surface area contributed by atoms with Crippen LogP contribution < -0.4 is 5.32 Å². The summed E-state index contributed by atoms with van der Waals surface area (Å²) >= 11 is 0. The van der Waals surface area contributed by atoms with E-state index in [9.17, 15) is 9.59 Å². The van der Waals surface area contributed by atoms with Gasteiger partial charge >= 0.3 is 12.1 Å². The summed E-state index contributed by atoms with van der Waals surface area (Å²) in [5.41, 5.74) is -0.565. The lowest BCUT2D eigenvalue weighted by molar-refractivity contribution is -0.145. The Kier molecular flexibility index (Phi) is 4.34. The lowest BCUT2D eigenvalue weighted by Crippen LogP contribution is -2.45. The highest BCUT2D eigenvalue weighted by molar-refractivity contribution is 5.75. The molecule has 0 radical (unpaired) electrons. The molecule has 1 aliphatic heterocycles. The minimum absolute atomic E-state index is 0.257. The Bertz CT molecular complexity index is 297. The normalized spacial score (nSPS) is 24.2. The standard InChI is InChI=1S/C11H19NO5/c1-11(2,3)17-10(14)12-8-6-16-5-7(8)9(13)15-4/h7-8H,5-6H2,1-4H3,(H,12,14)/t7-,8+/m0/s1. The summed E-state index contributed by atoms with van der Waals surface area (Å²) in [7, 11) is 1.31. The molecule has 6 nitrogen and oxygen atoms in total. The van der Waals surface area contributed by atoms with Crippen molar-refractivity contribution in [3.05, 3.63) is 0 Å². The van der Waals surface area contributed by atoms with E-state index in [0.29, 0.717) is 6.61 Å². The minimum atomic E-state index is -0.565. The van der Waals surface area contributed by atoms with E-state index in [4.69, 9.17) is 9.47 Å². The van der Waals surface area contributed by atoms with Crippen molar-refractivity contribution in [2.45, 2.75) is 32.4 Å². The average molecular weight is 245 g/mol. The zero-order valence-corrected chi connectivity index (χ0v) is 10.6. The summed E-state index contributed by atoms with van der Waals surface area (Å²) in [6.07, 6.45) is -0.554. The molecule has 17 heavy (non-hydrogen) atoms. The maximum absolute atomic E-state index is 11.5. The van der Waals surface area contributed by atoms with Gasteiger partial charge in [0.15, 0.2) is 0 Å². The Morgan fingerprint density at radius 2 is 1.94 bits per heavy atom. The highest BCUT2D eigenvalue weighted by Gasteiger charge is 2.36. The molecule has 1 fully saturated rings. The molecule has 1 amide bonds. The molecular formula is C11H19NO5. The first kappa shape index (κ1) is 13.8. The van der Waals surface area contributed by atoms with Crippen LogP contribution in [0.15, 0.2) is 0 Å². The summed E-state index contributed by atoms with van der Waals surface area (Å²) < 4.78 is 14.9. The predicted molar refractivity (Wildman–Crippen MR) is 59.5 cm³/mol. The second kappa shape index (κ2) is 5.35. The number of rotatable bonds is 2. The van der Waals surface area contributed by atoms with E-state index in [2.05, 4.69) is 10.1 Å². The van der Waals surface area contributed by atoms with E-state index in [0.717, 1.165) is 0 Å². The smallest absolute Gasteiger partial charge is 0.407 e. The third kappa shape index (κ3) is 4.22. The first-order chi connectivity index (χ1) is 7.83. The van der Waals surface area contributed by atoms with Crippen LogP contribution in [0.3, 0.4) is 0 Å². The molecule has 1 heterocycles. The third-order valence-electron chi connectivity index (χ3n) is 2.29. The number of carbonyl (C=O) groups excluding carboxylic acids is 2. The van der Waals surface area contributed by atoms with Crippen molar-refractivity contribution < 1.29 is 23.8 Å². The number of methoxy groups -OCH3 is 1. The van der Waals surface area contributed by atoms with Gasteiger partial charge in [-0.15, -0.1) is 0 Å². The van der Waals surface area contributed by atoms with Crippen LogP contribution in [0.2, 0.25) is 0 Å². The number of alkyl carbamates (subject to hydrolysis) is 1. The summed E-state index contributed by atoms with van der Waals surface area (Å²) in [5, 5.41) is 2.61. The molecule has 1 rings (SSSR count). The Morgan fingerprint density at radius 1 is 1.29 bits per heavy atom. The van der Waals surface area contributed by atoms with Crippen molar-refractivity contribution in [3.8, 4) is 0 Å². The fraction of sp³-hybridized carbons (Fsp3) is 0.818. The van der Waals surface area contributed by atoms with Crippen LogP contribution in [0.4, 0.5) is 4.79 Å². The predicted octanol–water partition coefficient (Wildman–Crippen LogP) is 0.699. The molecule has 98 valence electrons. The van der Waals surface area contributed by atoms with E-state index in [1.165, 1.54) is 7.11 Å². The van der Waals surface area contributed by atoms with E-state index >= 15 is 0 Å². The van der Waals surface area contributed by atoms with Crippen LogP contribution in [0, 0.1) is 5.92 Å². The van der Waals surface area contributed by atoms with Crippen molar-refractivity contribution in [1.82, 2.24) is 5.32 Å². The SMILES string of the molecule is COC(=O)[C@H]1COC[C@H]1NC(=O)OC(C)(C)C. The molecule has 0 spiro atoms. The molecule has 0 aromatic rings. The molecule has 2 atom stereocenters. The maximum atomic E-state index is 11.5. The first-order valence-electron chi connectivity index (χ1n) is 5.48. The van der Waals surface area contributed by atoms with Gasteiger partial charge < -0.3 is 19.5 Å². The summed E-state index contributed by atoms with van der Waals surface area (Å²) in [6.45, 7) is 5.87. The van der Waals surface area contributed by atoms with Gasteiger partial charge in [0.25, 0.3) is 0 Å². The number of ether oxygens (including phenoxy) is 3. The number of carbonyl (C=O) groups is 2. The molecule has 1 saturated heterocycles. The zero-order valence-electron chi connectivity index (χ0n) is 10.6. The molecule has 0 unspecified atom stereocenters. The van der Waals surface area contributed by atoms with E-state index in [-0.39, 0.29) is 12.6 Å².